The van der Waals surface area contributed by atoms with Gasteiger partial charge in [-0.3, -0.25) is 9.59 Å². The van der Waals surface area contributed by atoms with E-state index in [1.54, 1.807) is 25.7 Å². The van der Waals surface area contributed by atoms with Crippen molar-refractivity contribution in [2.24, 2.45) is 5.92 Å². The molecule has 0 spiro atoms. The molecule has 0 aromatic heterocycles. The van der Waals surface area contributed by atoms with E-state index >= 15 is 0 Å². The summed E-state index contributed by atoms with van der Waals surface area (Å²) in [4.78, 5) is 42.5. The summed E-state index contributed by atoms with van der Waals surface area (Å²) >= 11 is 0. The number of unbranched alkanes of at least 4 members (excludes halogenated alkanes) is 4. The molecule has 7 nitrogen and oxygen atoms in total. The monoisotopic (exact) mass is 531 g/mol. The van der Waals surface area contributed by atoms with Crippen molar-refractivity contribution < 1.29 is 19.1 Å². The van der Waals surface area contributed by atoms with Crippen molar-refractivity contribution >= 4 is 17.9 Å². The molecule has 0 saturated heterocycles. The van der Waals surface area contributed by atoms with Crippen molar-refractivity contribution in [3.8, 4) is 0 Å². The van der Waals surface area contributed by atoms with Crippen molar-refractivity contribution in [2.45, 2.75) is 125 Å². The van der Waals surface area contributed by atoms with Gasteiger partial charge in [0, 0.05) is 13.1 Å². The highest BCUT2D eigenvalue weighted by molar-refractivity contribution is 5.92. The lowest BCUT2D eigenvalue weighted by Crippen LogP contribution is -2.55. The molecular weight excluding hydrogens is 478 g/mol. The zero-order valence-corrected chi connectivity index (χ0v) is 25.4. The third-order valence-electron chi connectivity index (χ3n) is 6.80. The molecule has 0 heterocycles. The summed E-state index contributed by atoms with van der Waals surface area (Å²) in [5, 5.41) is 5.91. The van der Waals surface area contributed by atoms with Gasteiger partial charge in [0.25, 0.3) is 0 Å². The molecule has 2 N–H and O–H groups in total. The number of amides is 3. The molecule has 1 rings (SSSR count). The number of rotatable bonds is 15. The van der Waals surface area contributed by atoms with Gasteiger partial charge < -0.3 is 20.3 Å². The van der Waals surface area contributed by atoms with E-state index in [0.717, 1.165) is 55.2 Å². The highest BCUT2D eigenvalue weighted by Gasteiger charge is 2.38. The molecule has 1 aromatic rings. The molecule has 38 heavy (non-hydrogen) atoms. The minimum atomic E-state index is -0.808. The van der Waals surface area contributed by atoms with Crippen LogP contribution in [0.4, 0.5) is 4.79 Å². The minimum absolute atomic E-state index is 0.143. The lowest BCUT2D eigenvalue weighted by atomic mass is 9.93. The van der Waals surface area contributed by atoms with E-state index in [1.807, 2.05) is 45.9 Å². The summed E-state index contributed by atoms with van der Waals surface area (Å²) in [7, 11) is 0. The topological polar surface area (TPSA) is 87.7 Å². The van der Waals surface area contributed by atoms with Crippen LogP contribution < -0.4 is 10.6 Å². The predicted molar refractivity (Wildman–Crippen MR) is 155 cm³/mol. The molecule has 0 bridgehead atoms. The molecular formula is C31H53N3O4. The van der Waals surface area contributed by atoms with Crippen LogP contribution in [0.15, 0.2) is 18.2 Å². The number of carbonyl (C=O) groups is 3. The third-order valence-corrected chi connectivity index (χ3v) is 6.80. The van der Waals surface area contributed by atoms with E-state index < -0.39 is 23.8 Å². The van der Waals surface area contributed by atoms with Crippen LogP contribution in [0.5, 0.6) is 0 Å². The summed E-state index contributed by atoms with van der Waals surface area (Å²) in [6.07, 6.45) is 5.76. The number of ether oxygens (including phenoxy) is 1. The molecule has 0 aliphatic carbocycles. The Balaban J connectivity index is 3.54. The highest BCUT2D eigenvalue weighted by Crippen LogP contribution is 2.28. The maximum absolute atomic E-state index is 14.3. The van der Waals surface area contributed by atoms with Crippen LogP contribution in [0, 0.1) is 19.8 Å². The Bertz CT molecular complexity index is 894. The van der Waals surface area contributed by atoms with E-state index in [1.165, 1.54) is 0 Å². The van der Waals surface area contributed by atoms with Crippen molar-refractivity contribution in [1.29, 1.82) is 0 Å². The second kappa shape index (κ2) is 16.4. The second-order valence-electron chi connectivity index (χ2n) is 11.5. The number of carbonyl (C=O) groups excluding carboxylic acids is 3. The second-order valence-corrected chi connectivity index (χ2v) is 11.5. The molecule has 3 unspecified atom stereocenters. The Morgan fingerprint density at radius 3 is 2.18 bits per heavy atom. The van der Waals surface area contributed by atoms with Crippen molar-refractivity contribution in [1.82, 2.24) is 15.5 Å². The highest BCUT2D eigenvalue weighted by atomic mass is 16.6. The molecule has 216 valence electrons. The van der Waals surface area contributed by atoms with Gasteiger partial charge in [0.2, 0.25) is 11.8 Å². The van der Waals surface area contributed by atoms with Gasteiger partial charge in [-0.2, -0.15) is 0 Å². The zero-order chi connectivity index (χ0) is 28.9. The van der Waals surface area contributed by atoms with E-state index in [0.29, 0.717) is 19.5 Å². The fourth-order valence-corrected chi connectivity index (χ4v) is 4.44. The first kappa shape index (κ1) is 33.5. The first-order valence-electron chi connectivity index (χ1n) is 14.5. The molecule has 3 amide bonds. The molecule has 0 aliphatic heterocycles. The van der Waals surface area contributed by atoms with Crippen molar-refractivity contribution in [2.75, 3.05) is 13.1 Å². The van der Waals surface area contributed by atoms with Gasteiger partial charge >= 0.3 is 6.09 Å². The van der Waals surface area contributed by atoms with E-state index in [-0.39, 0.29) is 17.7 Å². The van der Waals surface area contributed by atoms with Gasteiger partial charge in [0.15, 0.2) is 0 Å². The quantitative estimate of drug-likeness (QED) is 0.249. The van der Waals surface area contributed by atoms with Gasteiger partial charge in [-0.15, -0.1) is 0 Å². The van der Waals surface area contributed by atoms with Gasteiger partial charge in [-0.1, -0.05) is 83.6 Å². The fourth-order valence-electron chi connectivity index (χ4n) is 4.44. The lowest BCUT2D eigenvalue weighted by molar-refractivity contribution is -0.143. The van der Waals surface area contributed by atoms with Gasteiger partial charge in [0.05, 0.1) is 0 Å². The first-order chi connectivity index (χ1) is 17.9. The number of aryl methyl sites for hydroxylation is 2. The Labute approximate surface area is 231 Å². The average molecular weight is 532 g/mol. The predicted octanol–water partition coefficient (Wildman–Crippen LogP) is 6.61. The number of hydrogen-bond acceptors (Lipinski definition) is 4. The Morgan fingerprint density at radius 2 is 1.63 bits per heavy atom. The molecule has 0 fully saturated rings. The van der Waals surface area contributed by atoms with E-state index in [4.69, 9.17) is 4.74 Å². The summed E-state index contributed by atoms with van der Waals surface area (Å²) in [5.74, 6) is -0.581. The normalized spacial score (nSPS) is 13.8. The SMILES string of the molecule is CCCCCCN(C(=O)C(NC(=O)OC(C)(C)C)C(C)CC)C(C(=O)NCCCC)c1ccc(C)cc1C. The van der Waals surface area contributed by atoms with Crippen LogP contribution in [-0.4, -0.2) is 47.5 Å². The van der Waals surface area contributed by atoms with E-state index in [2.05, 4.69) is 24.5 Å². The standard InChI is InChI=1S/C31H53N3O4/c1-10-13-15-16-20-34(29(36)26(23(5)12-3)33-30(37)38-31(7,8)9)27(28(35)32-19-14-11-2)25-18-17-22(4)21-24(25)6/h17-18,21,23,26-27H,10-16,19-20H2,1-9H3,(H,32,35)(H,33,37). The van der Waals surface area contributed by atoms with Crippen LogP contribution in [0.3, 0.4) is 0 Å². The smallest absolute Gasteiger partial charge is 0.408 e. The Kier molecular flexibility index (Phi) is 14.4. The van der Waals surface area contributed by atoms with Gasteiger partial charge in [0.1, 0.15) is 17.7 Å². The largest absolute Gasteiger partial charge is 0.444 e. The zero-order valence-electron chi connectivity index (χ0n) is 25.4. The number of alkyl carbamates (subject to hydrolysis) is 1. The number of benzene rings is 1. The van der Waals surface area contributed by atoms with Crippen LogP contribution >= 0.6 is 0 Å². The van der Waals surface area contributed by atoms with Crippen LogP contribution in [0.25, 0.3) is 0 Å². The fraction of sp³-hybridized carbons (Fsp3) is 0.710. The van der Waals surface area contributed by atoms with Gasteiger partial charge in [-0.25, -0.2) is 4.79 Å². The van der Waals surface area contributed by atoms with Crippen molar-refractivity contribution in [3.05, 3.63) is 34.9 Å². The van der Waals surface area contributed by atoms with E-state index in [9.17, 15) is 14.4 Å². The molecule has 1 aromatic carbocycles. The third kappa shape index (κ3) is 11.0. The first-order valence-corrected chi connectivity index (χ1v) is 14.5. The number of nitrogens with one attached hydrogen (secondary N) is 2. The lowest BCUT2D eigenvalue weighted by Gasteiger charge is -2.36. The van der Waals surface area contributed by atoms with Crippen LogP contribution in [0.2, 0.25) is 0 Å². The maximum atomic E-state index is 14.3. The Hall–Kier alpha value is -2.57. The molecule has 3 atom stereocenters. The van der Waals surface area contributed by atoms with Gasteiger partial charge in [-0.05, 0) is 64.5 Å². The summed E-state index contributed by atoms with van der Waals surface area (Å²) in [5.41, 5.74) is 2.19. The molecule has 7 heteroatoms. The number of hydrogen-bond donors (Lipinski definition) is 2. The van der Waals surface area contributed by atoms with Crippen LogP contribution in [-0.2, 0) is 14.3 Å². The summed E-state index contributed by atoms with van der Waals surface area (Å²) in [6, 6.07) is 4.40. The molecule has 0 aliphatic rings. The molecule has 0 saturated carbocycles. The number of nitrogens with zero attached hydrogens (tertiary/aromatic N) is 1. The van der Waals surface area contributed by atoms with Crippen molar-refractivity contribution in [3.63, 3.8) is 0 Å². The van der Waals surface area contributed by atoms with Crippen LogP contribution in [0.1, 0.15) is 116 Å². The Morgan fingerprint density at radius 1 is 0.974 bits per heavy atom. The maximum Gasteiger partial charge on any atom is 0.408 e. The summed E-state index contributed by atoms with van der Waals surface area (Å²) < 4.78 is 5.50. The summed E-state index contributed by atoms with van der Waals surface area (Å²) in [6.45, 7) is 18.5. The minimum Gasteiger partial charge on any atom is -0.444 e. The molecule has 0 radical (unpaired) electrons. The average Bonchev–Trinajstić information content (AvgIpc) is 2.83.